The molecule has 402 valence electrons. The summed E-state index contributed by atoms with van der Waals surface area (Å²) < 4.78 is 63.0. The van der Waals surface area contributed by atoms with Gasteiger partial charge in [-0.1, -0.05) is 143 Å². The molecule has 2 aliphatic rings. The molecule has 0 bridgehead atoms. The Bertz CT molecular complexity index is 3170. The smallest absolute Gasteiger partial charge is 0.338 e. The fraction of sp³-hybridized carbons (Fsp3) is 0.197. The van der Waals surface area contributed by atoms with Crippen molar-refractivity contribution in [1.82, 2.24) is 0 Å². The van der Waals surface area contributed by atoms with Gasteiger partial charge in [0, 0.05) is 0 Å². The van der Waals surface area contributed by atoms with Gasteiger partial charge in [-0.05, 0) is 84.9 Å². The van der Waals surface area contributed by atoms with Crippen molar-refractivity contribution in [3.8, 4) is 0 Å². The van der Waals surface area contributed by atoms with Crippen molar-refractivity contribution < 1.29 is 80.9 Å². The zero-order valence-electron chi connectivity index (χ0n) is 41.7. The maximum absolute atomic E-state index is 14.5. The Morgan fingerprint density at radius 1 is 0.304 bits per heavy atom. The first-order valence-electron chi connectivity index (χ1n) is 24.9. The Morgan fingerprint density at radius 2 is 0.557 bits per heavy atom. The van der Waals surface area contributed by atoms with Crippen LogP contribution in [-0.4, -0.2) is 115 Å². The molecule has 7 aromatic rings. The molecule has 7 aromatic carbocycles. The van der Waals surface area contributed by atoms with Crippen LogP contribution in [0.3, 0.4) is 0 Å². The molecule has 18 heteroatoms. The van der Waals surface area contributed by atoms with E-state index in [2.05, 4.69) is 15.9 Å². The maximum Gasteiger partial charge on any atom is 0.338 e. The van der Waals surface area contributed by atoms with Gasteiger partial charge in [-0.15, -0.1) is 0 Å². The molecule has 0 aliphatic carbocycles. The minimum absolute atomic E-state index is 0.0161. The molecule has 0 radical (unpaired) electrons. The second kappa shape index (κ2) is 26.5. The van der Waals surface area contributed by atoms with Crippen LogP contribution in [-0.2, 0) is 47.4 Å². The highest BCUT2D eigenvalue weighted by Gasteiger charge is 2.58. The van der Waals surface area contributed by atoms with E-state index in [1.807, 2.05) is 0 Å². The number of ether oxygens (including phenoxy) is 10. The summed E-state index contributed by atoms with van der Waals surface area (Å²) >= 11 is 3.51. The predicted molar refractivity (Wildman–Crippen MR) is 283 cm³/mol. The molecule has 79 heavy (non-hydrogen) atoms. The van der Waals surface area contributed by atoms with Gasteiger partial charge < -0.3 is 47.4 Å². The molecule has 9 rings (SSSR count). The van der Waals surface area contributed by atoms with Crippen LogP contribution < -0.4 is 0 Å². The average molecular weight is 1130 g/mol. The number of hydrogen-bond acceptors (Lipinski definition) is 17. The van der Waals surface area contributed by atoms with E-state index < -0.39 is 115 Å². The van der Waals surface area contributed by atoms with Crippen LogP contribution in [0.25, 0.3) is 0 Å². The molecule has 2 fully saturated rings. The van der Waals surface area contributed by atoms with Gasteiger partial charge in [0.25, 0.3) is 0 Å². The number of esters is 7. The summed E-state index contributed by atoms with van der Waals surface area (Å²) in [6.07, 6.45) is -15.8. The van der Waals surface area contributed by atoms with Crippen LogP contribution in [0.15, 0.2) is 212 Å². The summed E-state index contributed by atoms with van der Waals surface area (Å²) in [7, 11) is 0. The molecule has 0 spiro atoms. The summed E-state index contributed by atoms with van der Waals surface area (Å²) in [4.78, 5) is 98.9. The van der Waals surface area contributed by atoms with E-state index in [1.165, 1.54) is 84.9 Å². The van der Waals surface area contributed by atoms with Crippen molar-refractivity contribution in [2.75, 3.05) is 13.2 Å². The van der Waals surface area contributed by atoms with E-state index in [-0.39, 0.29) is 38.9 Å². The SMILES string of the molecule is O=C(OCC1O[C@@H](O[C@@H]2C(OC(=O)c3ccccc3)[C@@H](Br)OC(COC(=O)c3ccccc3)[C@H]2OC(=O)c2ccccc2)C(OC(=O)c2ccccc2)[C@@H](OC(=O)c2ccccc2)[C@@H]1OC(=O)c1ccccc1)c1ccccc1. The lowest BCUT2D eigenvalue weighted by Gasteiger charge is -2.48. The van der Waals surface area contributed by atoms with Crippen molar-refractivity contribution in [2.24, 2.45) is 0 Å². The molecule has 0 aromatic heterocycles. The summed E-state index contributed by atoms with van der Waals surface area (Å²) in [5, 5.41) is -1.35. The molecule has 0 amide bonds. The number of benzene rings is 7. The van der Waals surface area contributed by atoms with Gasteiger partial charge in [0.05, 0.1) is 38.9 Å². The lowest BCUT2D eigenvalue weighted by molar-refractivity contribution is -0.334. The maximum atomic E-state index is 14.5. The highest BCUT2D eigenvalue weighted by atomic mass is 79.9. The molecule has 0 saturated carbocycles. The van der Waals surface area contributed by atoms with Crippen LogP contribution in [0.4, 0.5) is 0 Å². The Labute approximate surface area is 461 Å². The van der Waals surface area contributed by atoms with Crippen molar-refractivity contribution >= 4 is 57.7 Å². The van der Waals surface area contributed by atoms with Crippen LogP contribution in [0.2, 0.25) is 0 Å². The first kappa shape index (κ1) is 55.0. The first-order chi connectivity index (χ1) is 38.5. The molecular weight excluding hydrogens is 1080 g/mol. The van der Waals surface area contributed by atoms with Crippen LogP contribution in [0.5, 0.6) is 0 Å². The zero-order chi connectivity index (χ0) is 55.1. The Hall–Kier alpha value is -8.81. The van der Waals surface area contributed by atoms with Gasteiger partial charge in [-0.3, -0.25) is 0 Å². The quantitative estimate of drug-likeness (QED) is 0.0445. The van der Waals surface area contributed by atoms with E-state index in [0.29, 0.717) is 0 Å². The van der Waals surface area contributed by atoms with E-state index >= 15 is 0 Å². The summed E-state index contributed by atoms with van der Waals surface area (Å²) in [6.45, 7) is -1.31. The Morgan fingerprint density at radius 3 is 0.886 bits per heavy atom. The molecule has 2 saturated heterocycles. The number of carbonyl (C=O) groups is 7. The fourth-order valence-corrected chi connectivity index (χ4v) is 9.25. The van der Waals surface area contributed by atoms with Gasteiger partial charge in [-0.25, -0.2) is 33.6 Å². The molecule has 17 nitrogen and oxygen atoms in total. The predicted octanol–water partition coefficient (Wildman–Crippen LogP) is 9.06. The third-order valence-electron chi connectivity index (χ3n) is 12.5. The third-order valence-corrected chi connectivity index (χ3v) is 13.2. The number of hydrogen-bond donors (Lipinski definition) is 0. The number of carbonyl (C=O) groups excluding carboxylic acids is 7. The summed E-state index contributed by atoms with van der Waals surface area (Å²) in [5.74, 6) is -6.33. The number of alkyl halides is 1. The van der Waals surface area contributed by atoms with E-state index in [0.717, 1.165) is 0 Å². The van der Waals surface area contributed by atoms with Crippen molar-refractivity contribution in [3.63, 3.8) is 0 Å². The average Bonchev–Trinajstić information content (AvgIpc) is 3.54. The highest BCUT2D eigenvalue weighted by molar-refractivity contribution is 9.09. The molecule has 2 heterocycles. The lowest BCUT2D eigenvalue weighted by Crippen LogP contribution is -2.66. The molecule has 2 aliphatic heterocycles. The fourth-order valence-electron chi connectivity index (χ4n) is 8.56. The van der Waals surface area contributed by atoms with Gasteiger partial charge in [-0.2, -0.15) is 0 Å². The largest absolute Gasteiger partial charge is 0.459 e. The number of rotatable bonds is 18. The normalized spacial score (nSPS) is 22.4. The molecular formula is C61H49BrO17. The van der Waals surface area contributed by atoms with E-state index in [1.54, 1.807) is 127 Å². The van der Waals surface area contributed by atoms with E-state index in [9.17, 15) is 33.6 Å². The number of halogens is 1. The van der Waals surface area contributed by atoms with Crippen molar-refractivity contribution in [1.29, 1.82) is 0 Å². The minimum atomic E-state index is -2.01. The van der Waals surface area contributed by atoms with Crippen molar-refractivity contribution in [2.45, 2.75) is 60.1 Å². The van der Waals surface area contributed by atoms with Crippen molar-refractivity contribution in [3.05, 3.63) is 251 Å². The first-order valence-corrected chi connectivity index (χ1v) is 25.8. The molecule has 10 atom stereocenters. The topological polar surface area (TPSA) is 212 Å². The third kappa shape index (κ3) is 14.0. The monoisotopic (exact) mass is 1130 g/mol. The van der Waals surface area contributed by atoms with Gasteiger partial charge in [0.2, 0.25) is 0 Å². The second-order valence-electron chi connectivity index (χ2n) is 17.8. The molecule has 0 N–H and O–H groups in total. The lowest BCUT2D eigenvalue weighted by atomic mass is 9.96. The van der Waals surface area contributed by atoms with Gasteiger partial charge in [0.15, 0.2) is 41.8 Å². The second-order valence-corrected chi connectivity index (χ2v) is 18.7. The highest BCUT2D eigenvalue weighted by Crippen LogP contribution is 2.38. The summed E-state index contributed by atoms with van der Waals surface area (Å²) in [5.41, 5.74) is 0.592. The van der Waals surface area contributed by atoms with Crippen LogP contribution >= 0.6 is 15.9 Å². The summed E-state index contributed by atoms with van der Waals surface area (Å²) in [6, 6.07) is 55.1. The minimum Gasteiger partial charge on any atom is -0.459 e. The zero-order valence-corrected chi connectivity index (χ0v) is 43.3. The standard InChI is InChI=1S/C61H49BrO17/c62-53-51(77-59(68)43-32-18-6-19-33-43)49(47(74-56(65)40-26-12-3-13-27-40)45(72-53)36-70-54(63)38-22-8-1-9-23-38)79-61-52(78-60(69)44-34-20-7-21-35-44)50(76-58(67)42-30-16-5-17-31-42)48(75-57(66)41-28-14-4-15-29-41)46(73-61)37-71-55(64)39-24-10-2-11-25-39/h1-35,45-53,61H,36-37H2/t45?,46?,47-,48-,49+,50+,51?,52?,53+,61+/m1/s1. The van der Waals surface area contributed by atoms with Crippen LogP contribution in [0.1, 0.15) is 72.5 Å². The molecule has 4 unspecified atom stereocenters. The Kier molecular flexibility index (Phi) is 18.4. The van der Waals surface area contributed by atoms with Gasteiger partial charge >= 0.3 is 41.8 Å². The van der Waals surface area contributed by atoms with Gasteiger partial charge in [0.1, 0.15) is 31.5 Å². The Balaban J connectivity index is 1.18. The van der Waals surface area contributed by atoms with E-state index in [4.69, 9.17) is 47.4 Å². The van der Waals surface area contributed by atoms with Crippen LogP contribution in [0, 0.1) is 0 Å².